The van der Waals surface area contributed by atoms with Gasteiger partial charge in [-0.05, 0) is 37.1 Å². The van der Waals surface area contributed by atoms with Crippen molar-refractivity contribution in [3.05, 3.63) is 35.4 Å². The molecule has 20 nitrogen and oxygen atoms in total. The highest BCUT2D eigenvalue weighted by molar-refractivity contribution is 6.04. The van der Waals surface area contributed by atoms with E-state index >= 15 is 0 Å². The van der Waals surface area contributed by atoms with Gasteiger partial charge in [-0.25, -0.2) is 0 Å². The van der Waals surface area contributed by atoms with Crippen molar-refractivity contribution in [2.24, 2.45) is 0 Å². The number of benzene rings is 2. The van der Waals surface area contributed by atoms with Gasteiger partial charge in [0.2, 0.25) is 11.6 Å². The molecule has 2 saturated heterocycles. The Morgan fingerprint density at radius 2 is 0.843 bits per heavy atom. The maximum Gasteiger partial charge on any atom is 0.264 e. The zero-order valence-electron chi connectivity index (χ0n) is 26.5. The van der Waals surface area contributed by atoms with Crippen molar-refractivity contribution in [1.82, 2.24) is 0 Å². The van der Waals surface area contributed by atoms with Gasteiger partial charge in [-0.1, -0.05) is 19.3 Å². The van der Waals surface area contributed by atoms with E-state index in [0.29, 0.717) is 24.3 Å². The highest BCUT2D eigenvalue weighted by atomic mass is 16.7. The maximum absolute atomic E-state index is 13.5. The number of phenolic OH excluding ortho intramolecular Hbond substituents is 6. The van der Waals surface area contributed by atoms with Crippen molar-refractivity contribution in [2.75, 3.05) is 13.2 Å². The molecule has 0 spiro atoms. The van der Waals surface area contributed by atoms with Crippen LogP contribution in [-0.4, -0.2) is 166 Å². The number of ketones is 2. The first-order valence-corrected chi connectivity index (χ1v) is 15.4. The average molecular weight is 733 g/mol. The van der Waals surface area contributed by atoms with Crippen LogP contribution >= 0.6 is 0 Å². The van der Waals surface area contributed by atoms with Crippen molar-refractivity contribution in [1.29, 1.82) is 0 Å². The number of aromatic hydroxyl groups is 6. The average Bonchev–Trinajstić information content (AvgIpc) is 3.09. The normalized spacial score (nSPS) is 35.4. The lowest BCUT2D eigenvalue weighted by molar-refractivity contribution is -0.366. The van der Waals surface area contributed by atoms with E-state index in [2.05, 4.69) is 0 Å². The lowest BCUT2D eigenvalue weighted by Crippen LogP contribution is -2.75. The Labute approximate surface area is 287 Å². The Kier molecular flexibility index (Phi) is 11.1. The largest absolute Gasteiger partial charge is 0.504 e. The minimum absolute atomic E-state index is 0.223. The van der Waals surface area contributed by atoms with Gasteiger partial charge >= 0.3 is 0 Å². The summed E-state index contributed by atoms with van der Waals surface area (Å²) in [6, 6.07) is 2.34. The molecule has 0 saturated carbocycles. The summed E-state index contributed by atoms with van der Waals surface area (Å²) < 4.78 is 10.4. The second-order valence-corrected chi connectivity index (χ2v) is 12.6. The quantitative estimate of drug-likeness (QED) is 0.0561. The molecule has 10 atom stereocenters. The van der Waals surface area contributed by atoms with E-state index in [9.17, 15) is 91.3 Å². The van der Waals surface area contributed by atoms with Gasteiger partial charge in [0.05, 0.1) is 13.2 Å². The van der Waals surface area contributed by atoms with Gasteiger partial charge in [-0.15, -0.1) is 0 Å². The SMILES string of the molecule is O=C(c1cc(O)c(O)c(O)c1)C1(O)O[C@H](CO)[C@@H](O)[C@H](O)[C@]1(O)CCCCC[C@@]1(O)[C@@H](O)[C@H](O)[C@@H](CO)OC1(O)C(=O)c1cc(O)c(O)c(O)c1. The number of aliphatic hydroxyl groups excluding tert-OH is 6. The first-order chi connectivity index (χ1) is 23.6. The number of unbranched alkanes of at least 4 members (excludes halogenated alkanes) is 2. The highest BCUT2D eigenvalue weighted by Gasteiger charge is 2.68. The number of phenols is 6. The van der Waals surface area contributed by atoms with E-state index in [1.54, 1.807) is 0 Å². The van der Waals surface area contributed by atoms with Crippen molar-refractivity contribution < 1.29 is 101 Å². The molecule has 2 heterocycles. The van der Waals surface area contributed by atoms with Crippen molar-refractivity contribution >= 4 is 11.6 Å². The lowest BCUT2D eigenvalue weighted by Gasteiger charge is -2.52. The highest BCUT2D eigenvalue weighted by Crippen LogP contribution is 2.46. The van der Waals surface area contributed by atoms with Crippen molar-refractivity contribution in [2.45, 2.75) is 91.5 Å². The van der Waals surface area contributed by atoms with Gasteiger partial charge in [0.15, 0.2) is 45.7 Å². The number of carbonyl (C=O) groups is 2. The molecule has 284 valence electrons. The van der Waals surface area contributed by atoms with Crippen LogP contribution in [0, 0.1) is 0 Å². The van der Waals surface area contributed by atoms with Gasteiger partial charge in [-0.2, -0.15) is 0 Å². The summed E-state index contributed by atoms with van der Waals surface area (Å²) in [7, 11) is 0. The van der Waals surface area contributed by atoms with E-state index in [1.165, 1.54) is 0 Å². The summed E-state index contributed by atoms with van der Waals surface area (Å²) in [5, 5.41) is 167. The fraction of sp³-hybridized carbons (Fsp3) is 0.548. The summed E-state index contributed by atoms with van der Waals surface area (Å²) in [5.74, 6) is -16.4. The number of aliphatic hydroxyl groups is 10. The monoisotopic (exact) mass is 732 g/mol. The topological polar surface area (TPSA) is 376 Å². The number of rotatable bonds is 12. The Bertz CT molecular complexity index is 1470. The summed E-state index contributed by atoms with van der Waals surface area (Å²) in [5.41, 5.74) is -7.72. The van der Waals surface area contributed by atoms with E-state index in [1.807, 2.05) is 0 Å². The van der Waals surface area contributed by atoms with Crippen molar-refractivity contribution in [3.63, 3.8) is 0 Å². The van der Waals surface area contributed by atoms with Crippen molar-refractivity contribution in [3.8, 4) is 34.5 Å². The van der Waals surface area contributed by atoms with Gasteiger partial charge in [0, 0.05) is 11.1 Å². The third kappa shape index (κ3) is 6.43. The summed E-state index contributed by atoms with van der Waals surface area (Å²) >= 11 is 0. The van der Waals surface area contributed by atoms with Crippen LogP contribution in [-0.2, 0) is 9.47 Å². The summed E-state index contributed by atoms with van der Waals surface area (Å²) in [6.07, 6.45) is -15.2. The van der Waals surface area contributed by atoms with Crippen LogP contribution in [0.1, 0.15) is 52.8 Å². The first-order valence-electron chi connectivity index (χ1n) is 15.4. The zero-order valence-corrected chi connectivity index (χ0v) is 26.5. The molecule has 2 unspecified atom stereocenters. The molecule has 0 aliphatic carbocycles. The molecule has 0 aromatic heterocycles. The fourth-order valence-corrected chi connectivity index (χ4v) is 6.41. The minimum atomic E-state index is -3.49. The molecular formula is C31H40O20. The van der Waals surface area contributed by atoms with Crippen LogP contribution in [0.25, 0.3) is 0 Å². The molecule has 0 radical (unpaired) electrons. The van der Waals surface area contributed by atoms with Gasteiger partial charge in [0.1, 0.15) is 36.6 Å². The standard InChI is InChI=1S/C31H40O20/c32-10-18-22(40)26(44)28(46,30(48,50-18)24(42)12-6-14(34)20(38)15(35)7-12)4-2-1-3-5-29(47)27(45)23(41)19(11-33)51-31(29,49)25(43)13-8-16(36)21(39)17(37)9-13/h6-9,18-19,22-23,26-27,32-41,44-49H,1-5,10-11H2/t18-,19-,22-,23-,26+,27+,28-,29-,30?,31?/m1/s1. The smallest absolute Gasteiger partial charge is 0.264 e. The van der Waals surface area contributed by atoms with Gasteiger partial charge in [-0.3, -0.25) is 9.59 Å². The van der Waals surface area contributed by atoms with Crippen LogP contribution in [0.3, 0.4) is 0 Å². The van der Waals surface area contributed by atoms with Gasteiger partial charge < -0.3 is 91.2 Å². The molecule has 0 amide bonds. The van der Waals surface area contributed by atoms with Crippen LogP contribution < -0.4 is 0 Å². The molecule has 2 aliphatic heterocycles. The van der Waals surface area contributed by atoms with Gasteiger partial charge in [0.25, 0.3) is 11.6 Å². The predicted octanol–water partition coefficient (Wildman–Crippen LogP) is -4.00. The van der Waals surface area contributed by atoms with Crippen LogP contribution in [0.15, 0.2) is 24.3 Å². The van der Waals surface area contributed by atoms with Crippen LogP contribution in [0.2, 0.25) is 0 Å². The molecule has 0 bridgehead atoms. The second kappa shape index (κ2) is 14.3. The molecule has 51 heavy (non-hydrogen) atoms. The second-order valence-electron chi connectivity index (χ2n) is 12.6. The Hall–Kier alpha value is -3.90. The van der Waals surface area contributed by atoms with E-state index in [-0.39, 0.29) is 19.3 Å². The minimum Gasteiger partial charge on any atom is -0.504 e. The van der Waals surface area contributed by atoms with E-state index < -0.39 is 143 Å². The molecule has 4 rings (SSSR count). The summed E-state index contributed by atoms with van der Waals surface area (Å²) in [4.78, 5) is 27.0. The fourth-order valence-electron chi connectivity index (χ4n) is 6.41. The van der Waals surface area contributed by atoms with Crippen LogP contribution in [0.4, 0.5) is 0 Å². The summed E-state index contributed by atoms with van der Waals surface area (Å²) in [6.45, 7) is -2.15. The molecule has 2 aromatic rings. The lowest BCUT2D eigenvalue weighted by atomic mass is 9.72. The number of ether oxygens (including phenoxy) is 2. The van der Waals surface area contributed by atoms with Crippen LogP contribution in [0.5, 0.6) is 34.5 Å². The maximum atomic E-state index is 13.5. The molecule has 16 N–H and O–H groups in total. The third-order valence-corrected chi connectivity index (χ3v) is 9.46. The molecule has 2 aromatic carbocycles. The number of Topliss-reactive ketones (excluding diaryl/α,β-unsaturated/α-hetero) is 2. The molecule has 2 aliphatic rings. The van der Waals surface area contributed by atoms with E-state index in [0.717, 1.165) is 0 Å². The predicted molar refractivity (Wildman–Crippen MR) is 162 cm³/mol. The Morgan fingerprint density at radius 1 is 0.549 bits per heavy atom. The number of hydrogen-bond donors (Lipinski definition) is 16. The first kappa shape index (κ1) is 39.9. The third-order valence-electron chi connectivity index (χ3n) is 9.46. The Balaban J connectivity index is 1.59. The molecule has 2 fully saturated rings. The zero-order chi connectivity index (χ0) is 38.4. The number of carbonyl (C=O) groups excluding carboxylic acids is 2. The molecular weight excluding hydrogens is 692 g/mol. The number of hydrogen-bond acceptors (Lipinski definition) is 20. The molecule has 20 heteroatoms. The van der Waals surface area contributed by atoms with E-state index in [4.69, 9.17) is 9.47 Å². The Morgan fingerprint density at radius 3 is 1.12 bits per heavy atom.